The maximum absolute atomic E-state index is 11.9. The van der Waals surface area contributed by atoms with E-state index in [0.29, 0.717) is 12.8 Å². The van der Waals surface area contributed by atoms with E-state index < -0.39 is 0 Å². The van der Waals surface area contributed by atoms with Gasteiger partial charge in [-0.2, -0.15) is 0 Å². The zero-order valence-electron chi connectivity index (χ0n) is 11.5. The lowest BCUT2D eigenvalue weighted by Crippen LogP contribution is -2.32. The number of hydrogen-bond acceptors (Lipinski definition) is 2. The van der Waals surface area contributed by atoms with Gasteiger partial charge in [-0.15, -0.1) is 0 Å². The summed E-state index contributed by atoms with van der Waals surface area (Å²) < 4.78 is 5.23. The van der Waals surface area contributed by atoms with Gasteiger partial charge in [0.25, 0.3) is 0 Å². The van der Waals surface area contributed by atoms with Gasteiger partial charge in [0.1, 0.15) is 5.76 Å². The third kappa shape index (κ3) is 2.93. The standard InChI is InChI=1S/C17H19NO2/c19-16(9-8-15-7-4-12-20-15)18-13-17(10-11-17)14-5-2-1-3-6-14/h1-7,12H,8-11,13H2,(H,18,19). The van der Waals surface area contributed by atoms with Crippen LogP contribution in [0, 0.1) is 0 Å². The molecule has 0 atom stereocenters. The highest BCUT2D eigenvalue weighted by atomic mass is 16.3. The Balaban J connectivity index is 1.48. The first kappa shape index (κ1) is 13.0. The van der Waals surface area contributed by atoms with E-state index in [2.05, 4.69) is 29.6 Å². The topological polar surface area (TPSA) is 42.2 Å². The number of nitrogens with one attached hydrogen (secondary N) is 1. The molecular formula is C17H19NO2. The Bertz CT molecular complexity index is 556. The Morgan fingerprint density at radius 1 is 1.15 bits per heavy atom. The quantitative estimate of drug-likeness (QED) is 0.875. The molecule has 0 unspecified atom stereocenters. The first-order chi connectivity index (χ1) is 9.78. The molecule has 3 rings (SSSR count). The molecule has 0 spiro atoms. The van der Waals surface area contributed by atoms with Gasteiger partial charge in [0.05, 0.1) is 6.26 Å². The summed E-state index contributed by atoms with van der Waals surface area (Å²) in [6.45, 7) is 0.744. The summed E-state index contributed by atoms with van der Waals surface area (Å²) >= 11 is 0. The molecule has 1 aromatic carbocycles. The Morgan fingerprint density at radius 3 is 2.60 bits per heavy atom. The molecule has 1 heterocycles. The van der Waals surface area contributed by atoms with Crippen molar-refractivity contribution >= 4 is 5.91 Å². The number of furan rings is 1. The van der Waals surface area contributed by atoms with E-state index in [4.69, 9.17) is 4.42 Å². The van der Waals surface area contributed by atoms with E-state index >= 15 is 0 Å². The van der Waals surface area contributed by atoms with Crippen LogP contribution in [0.5, 0.6) is 0 Å². The number of carbonyl (C=O) groups excluding carboxylic acids is 1. The molecule has 1 aliphatic carbocycles. The number of hydrogen-bond donors (Lipinski definition) is 1. The van der Waals surface area contributed by atoms with Crippen LogP contribution in [0.15, 0.2) is 53.1 Å². The van der Waals surface area contributed by atoms with Gasteiger partial charge < -0.3 is 9.73 Å². The van der Waals surface area contributed by atoms with Crippen LogP contribution in [0.25, 0.3) is 0 Å². The molecule has 1 amide bonds. The summed E-state index contributed by atoms with van der Waals surface area (Å²) in [5.41, 5.74) is 1.52. The van der Waals surface area contributed by atoms with Crippen LogP contribution in [0.1, 0.15) is 30.6 Å². The predicted octanol–water partition coefficient (Wildman–Crippen LogP) is 3.06. The summed E-state index contributed by atoms with van der Waals surface area (Å²) in [7, 11) is 0. The van der Waals surface area contributed by atoms with E-state index in [1.807, 2.05) is 18.2 Å². The molecule has 3 nitrogen and oxygen atoms in total. The van der Waals surface area contributed by atoms with Gasteiger partial charge in [0.15, 0.2) is 0 Å². The maximum atomic E-state index is 11.9. The van der Waals surface area contributed by atoms with Crippen molar-refractivity contribution in [3.8, 4) is 0 Å². The van der Waals surface area contributed by atoms with Crippen molar-refractivity contribution in [2.24, 2.45) is 0 Å². The fraction of sp³-hybridized carbons (Fsp3) is 0.353. The number of amides is 1. The Hall–Kier alpha value is -2.03. The van der Waals surface area contributed by atoms with E-state index in [9.17, 15) is 4.79 Å². The molecule has 0 aliphatic heterocycles. The summed E-state index contributed by atoms with van der Waals surface area (Å²) in [4.78, 5) is 11.9. The Labute approximate surface area is 119 Å². The van der Waals surface area contributed by atoms with Crippen molar-refractivity contribution in [2.45, 2.75) is 31.1 Å². The van der Waals surface area contributed by atoms with Gasteiger partial charge in [0, 0.05) is 24.8 Å². The van der Waals surface area contributed by atoms with Gasteiger partial charge >= 0.3 is 0 Å². The highest BCUT2D eigenvalue weighted by Crippen LogP contribution is 2.47. The molecule has 104 valence electrons. The molecule has 1 fully saturated rings. The second kappa shape index (κ2) is 5.53. The smallest absolute Gasteiger partial charge is 0.220 e. The first-order valence-electron chi connectivity index (χ1n) is 7.13. The average molecular weight is 269 g/mol. The van der Waals surface area contributed by atoms with Crippen LogP contribution in [-0.2, 0) is 16.6 Å². The lowest BCUT2D eigenvalue weighted by Gasteiger charge is -2.16. The summed E-state index contributed by atoms with van der Waals surface area (Å²) in [6, 6.07) is 14.2. The highest BCUT2D eigenvalue weighted by molar-refractivity contribution is 5.76. The van der Waals surface area contributed by atoms with Gasteiger partial charge in [-0.1, -0.05) is 30.3 Å². The highest BCUT2D eigenvalue weighted by Gasteiger charge is 2.44. The molecule has 1 aliphatic rings. The number of aryl methyl sites for hydroxylation is 1. The maximum Gasteiger partial charge on any atom is 0.220 e. The molecule has 2 aromatic rings. The van der Waals surface area contributed by atoms with Gasteiger partial charge in [-0.05, 0) is 30.5 Å². The molecule has 1 N–H and O–H groups in total. The summed E-state index contributed by atoms with van der Waals surface area (Å²) in [5.74, 6) is 0.966. The van der Waals surface area contributed by atoms with Crippen LogP contribution >= 0.6 is 0 Å². The molecule has 1 saturated carbocycles. The summed E-state index contributed by atoms with van der Waals surface area (Å²) in [6.07, 6.45) is 5.11. The van der Waals surface area contributed by atoms with Crippen molar-refractivity contribution in [3.63, 3.8) is 0 Å². The Kier molecular flexibility index (Phi) is 3.59. The van der Waals surface area contributed by atoms with Crippen LogP contribution in [-0.4, -0.2) is 12.5 Å². The molecule has 1 aromatic heterocycles. The van der Waals surface area contributed by atoms with Crippen molar-refractivity contribution < 1.29 is 9.21 Å². The Morgan fingerprint density at radius 2 is 1.95 bits per heavy atom. The molecule has 20 heavy (non-hydrogen) atoms. The van der Waals surface area contributed by atoms with Crippen molar-refractivity contribution in [2.75, 3.05) is 6.54 Å². The summed E-state index contributed by atoms with van der Waals surface area (Å²) in [5, 5.41) is 3.07. The zero-order chi connectivity index (χ0) is 13.8. The largest absolute Gasteiger partial charge is 0.469 e. The van der Waals surface area contributed by atoms with Crippen LogP contribution in [0.4, 0.5) is 0 Å². The van der Waals surface area contributed by atoms with Crippen LogP contribution < -0.4 is 5.32 Å². The van der Waals surface area contributed by atoms with Crippen molar-refractivity contribution in [1.82, 2.24) is 5.32 Å². The van der Waals surface area contributed by atoms with Crippen LogP contribution in [0.2, 0.25) is 0 Å². The average Bonchev–Trinajstić information content (AvgIpc) is 3.11. The fourth-order valence-corrected chi connectivity index (χ4v) is 2.56. The van der Waals surface area contributed by atoms with Crippen LogP contribution in [0.3, 0.4) is 0 Å². The second-order valence-electron chi connectivity index (χ2n) is 5.50. The first-order valence-corrected chi connectivity index (χ1v) is 7.13. The van der Waals surface area contributed by atoms with E-state index in [1.165, 1.54) is 5.56 Å². The van der Waals surface area contributed by atoms with Gasteiger partial charge in [-0.25, -0.2) is 0 Å². The molecule has 0 saturated heterocycles. The minimum absolute atomic E-state index is 0.101. The van der Waals surface area contributed by atoms with E-state index in [1.54, 1.807) is 6.26 Å². The lowest BCUT2D eigenvalue weighted by molar-refractivity contribution is -0.121. The molecule has 0 radical (unpaired) electrons. The normalized spacial score (nSPS) is 15.8. The second-order valence-corrected chi connectivity index (χ2v) is 5.50. The number of benzene rings is 1. The van der Waals surface area contributed by atoms with Crippen molar-refractivity contribution in [1.29, 1.82) is 0 Å². The van der Waals surface area contributed by atoms with E-state index in [-0.39, 0.29) is 11.3 Å². The van der Waals surface area contributed by atoms with Gasteiger partial charge in [0.2, 0.25) is 5.91 Å². The number of rotatable bonds is 6. The molecular weight excluding hydrogens is 250 g/mol. The fourth-order valence-electron chi connectivity index (χ4n) is 2.56. The number of carbonyl (C=O) groups is 1. The molecule has 3 heteroatoms. The minimum Gasteiger partial charge on any atom is -0.469 e. The predicted molar refractivity (Wildman–Crippen MR) is 77.4 cm³/mol. The van der Waals surface area contributed by atoms with Gasteiger partial charge in [-0.3, -0.25) is 4.79 Å². The monoisotopic (exact) mass is 269 g/mol. The third-order valence-corrected chi connectivity index (χ3v) is 4.04. The SMILES string of the molecule is O=C(CCc1ccco1)NCC1(c2ccccc2)CC1. The van der Waals surface area contributed by atoms with Crippen molar-refractivity contribution in [3.05, 3.63) is 60.1 Å². The van der Waals surface area contributed by atoms with E-state index in [0.717, 1.165) is 25.1 Å². The third-order valence-electron chi connectivity index (χ3n) is 4.04. The minimum atomic E-state index is 0.101. The zero-order valence-corrected chi connectivity index (χ0v) is 11.5. The molecule has 0 bridgehead atoms. The lowest BCUT2D eigenvalue weighted by atomic mass is 9.96.